The van der Waals surface area contributed by atoms with E-state index in [1.54, 1.807) is 0 Å². The maximum absolute atomic E-state index is 6.11. The van der Waals surface area contributed by atoms with Crippen LogP contribution in [0, 0.1) is 0 Å². The lowest BCUT2D eigenvalue weighted by molar-refractivity contribution is 0.111. The second-order valence-corrected chi connectivity index (χ2v) is 6.07. The van der Waals surface area contributed by atoms with Gasteiger partial charge in [-0.3, -0.25) is 0 Å². The monoisotopic (exact) mass is 275 g/mol. The van der Waals surface area contributed by atoms with E-state index in [1.807, 2.05) is 25.2 Å². The zero-order valence-corrected chi connectivity index (χ0v) is 10.8. The third-order valence-electron chi connectivity index (χ3n) is 2.33. The highest BCUT2D eigenvalue weighted by molar-refractivity contribution is 9.10. The molecule has 0 aromatic carbocycles. The Morgan fingerprint density at radius 2 is 2.21 bits per heavy atom. The molecule has 0 spiro atoms. The molecule has 2 heterocycles. The maximum atomic E-state index is 6.11. The summed E-state index contributed by atoms with van der Waals surface area (Å²) < 4.78 is 6.60. The highest BCUT2D eigenvalue weighted by Crippen LogP contribution is 2.40. The lowest BCUT2D eigenvalue weighted by Crippen LogP contribution is -2.27. The van der Waals surface area contributed by atoms with E-state index in [-0.39, 0.29) is 5.54 Å². The van der Waals surface area contributed by atoms with E-state index in [0.29, 0.717) is 0 Å². The Morgan fingerprint density at radius 1 is 1.50 bits per heavy atom. The summed E-state index contributed by atoms with van der Waals surface area (Å²) in [6.45, 7) is 5.64. The van der Waals surface area contributed by atoms with Crippen LogP contribution in [0.25, 0.3) is 0 Å². The average molecular weight is 276 g/mol. The minimum absolute atomic E-state index is 0.263. The quantitative estimate of drug-likeness (QED) is 0.856. The molecular formula is C10H14BrNOS. The van der Waals surface area contributed by atoms with Gasteiger partial charge >= 0.3 is 0 Å². The minimum Gasteiger partial charge on any atom is -0.376 e. The second kappa shape index (κ2) is 3.59. The molecule has 4 heteroatoms. The van der Waals surface area contributed by atoms with Crippen molar-refractivity contribution in [3.05, 3.63) is 19.8 Å². The van der Waals surface area contributed by atoms with Gasteiger partial charge in [-0.25, -0.2) is 0 Å². The van der Waals surface area contributed by atoms with Crippen molar-refractivity contribution in [1.29, 1.82) is 0 Å². The normalized spacial score (nSPS) is 16.9. The molecular weight excluding hydrogens is 262 g/mol. The molecule has 2 N–H and O–H groups in total. The van der Waals surface area contributed by atoms with E-state index in [2.05, 4.69) is 15.9 Å². The van der Waals surface area contributed by atoms with Crippen LogP contribution in [-0.2, 0) is 23.3 Å². The Balaban J connectivity index is 2.49. The van der Waals surface area contributed by atoms with Gasteiger partial charge in [0.25, 0.3) is 0 Å². The Morgan fingerprint density at radius 3 is 2.79 bits per heavy atom. The number of fused-ring (bicyclic) bond motifs is 1. The van der Waals surface area contributed by atoms with Crippen molar-refractivity contribution in [2.24, 2.45) is 5.73 Å². The van der Waals surface area contributed by atoms with Crippen LogP contribution < -0.4 is 5.73 Å². The molecule has 0 fully saturated rings. The van der Waals surface area contributed by atoms with Crippen LogP contribution >= 0.6 is 27.3 Å². The minimum atomic E-state index is -0.263. The number of rotatable bonds is 1. The smallest absolute Gasteiger partial charge is 0.0739 e. The van der Waals surface area contributed by atoms with Gasteiger partial charge in [0, 0.05) is 31.8 Å². The summed E-state index contributed by atoms with van der Waals surface area (Å²) >= 11 is 5.44. The SMILES string of the molecule is CC(C)(N)c1sc2c(c1Br)COCC2. The first-order valence-electron chi connectivity index (χ1n) is 4.67. The lowest BCUT2D eigenvalue weighted by atomic mass is 10.0. The number of hydrogen-bond donors (Lipinski definition) is 1. The molecule has 1 aromatic rings. The number of ether oxygens (including phenoxy) is 1. The van der Waals surface area contributed by atoms with Crippen molar-refractivity contribution >= 4 is 27.3 Å². The fourth-order valence-corrected chi connectivity index (χ4v) is 4.02. The maximum Gasteiger partial charge on any atom is 0.0739 e. The lowest BCUT2D eigenvalue weighted by Gasteiger charge is -2.17. The molecule has 2 rings (SSSR count). The fourth-order valence-electron chi connectivity index (χ4n) is 1.59. The molecule has 78 valence electrons. The molecule has 2 nitrogen and oxygen atoms in total. The molecule has 1 aliphatic rings. The Labute approximate surface area is 96.6 Å². The zero-order chi connectivity index (χ0) is 10.3. The number of thiophene rings is 1. The average Bonchev–Trinajstić information content (AvgIpc) is 2.44. The van der Waals surface area contributed by atoms with E-state index in [1.165, 1.54) is 15.3 Å². The third-order valence-corrected chi connectivity index (χ3v) is 5.10. The standard InChI is InChI=1S/C10H14BrNOS/c1-10(2,12)9-8(11)6-5-13-4-3-7(6)14-9/h3-5,12H2,1-2H3. The van der Waals surface area contributed by atoms with Gasteiger partial charge in [-0.2, -0.15) is 0 Å². The molecule has 0 atom stereocenters. The molecule has 14 heavy (non-hydrogen) atoms. The van der Waals surface area contributed by atoms with Crippen molar-refractivity contribution in [3.8, 4) is 0 Å². The summed E-state index contributed by atoms with van der Waals surface area (Å²) in [5.41, 5.74) is 7.15. The highest BCUT2D eigenvalue weighted by atomic mass is 79.9. The van der Waals surface area contributed by atoms with Gasteiger partial charge in [0.1, 0.15) is 0 Å². The topological polar surface area (TPSA) is 35.2 Å². The highest BCUT2D eigenvalue weighted by Gasteiger charge is 2.26. The number of hydrogen-bond acceptors (Lipinski definition) is 3. The molecule has 0 saturated heterocycles. The second-order valence-electron chi connectivity index (χ2n) is 4.17. The predicted octanol–water partition coefficient (Wildman–Crippen LogP) is 2.78. The van der Waals surface area contributed by atoms with Gasteiger partial charge in [0.05, 0.1) is 13.2 Å². The first-order valence-corrected chi connectivity index (χ1v) is 6.28. The summed E-state index contributed by atoms with van der Waals surface area (Å²) in [6.07, 6.45) is 1.02. The van der Waals surface area contributed by atoms with Gasteiger partial charge in [-0.15, -0.1) is 11.3 Å². The number of halogens is 1. The van der Waals surface area contributed by atoms with Crippen LogP contribution in [0.3, 0.4) is 0 Å². The Bertz CT molecular complexity index is 354. The Hall–Kier alpha value is 0.1000. The van der Waals surface area contributed by atoms with E-state index in [4.69, 9.17) is 10.5 Å². The van der Waals surface area contributed by atoms with Gasteiger partial charge in [0.2, 0.25) is 0 Å². The van der Waals surface area contributed by atoms with Gasteiger partial charge < -0.3 is 10.5 Å². The van der Waals surface area contributed by atoms with Crippen LogP contribution in [0.15, 0.2) is 4.47 Å². The molecule has 0 bridgehead atoms. The van der Waals surface area contributed by atoms with E-state index >= 15 is 0 Å². The zero-order valence-electron chi connectivity index (χ0n) is 8.39. The first-order chi connectivity index (χ1) is 6.50. The summed E-state index contributed by atoms with van der Waals surface area (Å²) in [4.78, 5) is 2.66. The third kappa shape index (κ3) is 1.76. The van der Waals surface area contributed by atoms with Crippen molar-refractivity contribution in [3.63, 3.8) is 0 Å². The number of nitrogens with two attached hydrogens (primary N) is 1. The van der Waals surface area contributed by atoms with Gasteiger partial charge in [-0.1, -0.05) is 0 Å². The summed E-state index contributed by atoms with van der Waals surface area (Å²) in [5.74, 6) is 0. The van der Waals surface area contributed by atoms with E-state index in [0.717, 1.165) is 24.1 Å². The molecule has 0 saturated carbocycles. The van der Waals surface area contributed by atoms with Crippen molar-refractivity contribution in [1.82, 2.24) is 0 Å². The van der Waals surface area contributed by atoms with E-state index < -0.39 is 0 Å². The largest absolute Gasteiger partial charge is 0.376 e. The molecule has 0 aliphatic carbocycles. The van der Waals surface area contributed by atoms with Gasteiger partial charge in [-0.05, 0) is 29.8 Å². The van der Waals surface area contributed by atoms with Crippen molar-refractivity contribution < 1.29 is 4.74 Å². The van der Waals surface area contributed by atoms with Gasteiger partial charge in [0.15, 0.2) is 0 Å². The van der Waals surface area contributed by atoms with Crippen molar-refractivity contribution in [2.45, 2.75) is 32.4 Å². The molecule has 0 amide bonds. The molecule has 1 aliphatic heterocycles. The van der Waals surface area contributed by atoms with E-state index in [9.17, 15) is 0 Å². The molecule has 1 aromatic heterocycles. The Kier molecular flexibility index (Phi) is 2.72. The fraction of sp³-hybridized carbons (Fsp3) is 0.600. The molecule has 0 radical (unpaired) electrons. The van der Waals surface area contributed by atoms with Crippen LogP contribution in [-0.4, -0.2) is 6.61 Å². The van der Waals surface area contributed by atoms with Crippen LogP contribution in [0.4, 0.5) is 0 Å². The first kappa shape index (κ1) is 10.6. The van der Waals surface area contributed by atoms with Crippen LogP contribution in [0.1, 0.15) is 29.2 Å². The van der Waals surface area contributed by atoms with Crippen LogP contribution in [0.5, 0.6) is 0 Å². The van der Waals surface area contributed by atoms with Crippen molar-refractivity contribution in [2.75, 3.05) is 6.61 Å². The van der Waals surface area contributed by atoms with Crippen LogP contribution in [0.2, 0.25) is 0 Å². The predicted molar refractivity (Wildman–Crippen MR) is 62.6 cm³/mol. The summed E-state index contributed by atoms with van der Waals surface area (Å²) in [7, 11) is 0. The summed E-state index contributed by atoms with van der Waals surface area (Å²) in [5, 5.41) is 0. The molecule has 0 unspecified atom stereocenters. The summed E-state index contributed by atoms with van der Waals surface area (Å²) in [6, 6.07) is 0.